The van der Waals surface area contributed by atoms with Crippen molar-refractivity contribution in [3.63, 3.8) is 0 Å². The first-order valence-corrected chi connectivity index (χ1v) is 8.61. The Hall–Kier alpha value is -3.08. The number of halogens is 2. The van der Waals surface area contributed by atoms with Gasteiger partial charge in [-0.1, -0.05) is 19.1 Å². The van der Waals surface area contributed by atoms with Gasteiger partial charge in [0.05, 0.1) is 23.9 Å². The molecule has 0 bridgehead atoms. The molecule has 27 heavy (non-hydrogen) atoms. The number of nitrogens with one attached hydrogen (secondary N) is 1. The topological polar surface area (TPSA) is 98.5 Å². The number of fused-ring (bicyclic) bond motifs is 1. The van der Waals surface area contributed by atoms with Crippen LogP contribution in [0.15, 0.2) is 29.8 Å². The minimum Gasteiger partial charge on any atom is -0.305 e. The van der Waals surface area contributed by atoms with E-state index in [1.54, 1.807) is 0 Å². The van der Waals surface area contributed by atoms with Crippen LogP contribution in [0.3, 0.4) is 0 Å². The molecule has 7 heteroatoms. The third kappa shape index (κ3) is 2.70. The highest BCUT2D eigenvalue weighted by atomic mass is 19.2. The van der Waals surface area contributed by atoms with E-state index in [0.29, 0.717) is 18.7 Å². The Morgan fingerprint density at radius 2 is 1.93 bits per heavy atom. The molecule has 1 saturated carbocycles. The van der Waals surface area contributed by atoms with E-state index in [2.05, 4.69) is 11.0 Å². The standard InChI is InChI=1S/C20H17F2N5/c1-2-27-6-5-13-14(8-23)19(26)20(10-24,11-25)18(15(13)9-27)12-3-4-16(21)17(22)7-12/h3-5,7,14-15,18,26H,2,6,9H2,1H3/t14?,15-,18+/m0/s1. The number of likely N-dealkylation sites (N-methyl/N-ethyl adjacent to an activating group) is 1. The maximum atomic E-state index is 13.9. The van der Waals surface area contributed by atoms with Crippen molar-refractivity contribution >= 4 is 5.71 Å². The SMILES string of the molecule is CCN1CC=C2C(C#N)C(=N)C(C#N)(C#N)[C@H](c3ccc(F)c(F)c3)[C@H]2C1. The normalized spacial score (nSPS) is 26.9. The summed E-state index contributed by atoms with van der Waals surface area (Å²) >= 11 is 0. The summed E-state index contributed by atoms with van der Waals surface area (Å²) in [4.78, 5) is 2.09. The van der Waals surface area contributed by atoms with Crippen LogP contribution in [-0.4, -0.2) is 30.2 Å². The molecule has 1 aromatic rings. The Balaban J connectivity index is 2.26. The molecule has 0 radical (unpaired) electrons. The first-order valence-electron chi connectivity index (χ1n) is 8.61. The second-order valence-electron chi connectivity index (χ2n) is 6.82. The number of rotatable bonds is 2. The molecule has 136 valence electrons. The van der Waals surface area contributed by atoms with Crippen molar-refractivity contribution in [3.05, 3.63) is 47.0 Å². The Morgan fingerprint density at radius 1 is 1.22 bits per heavy atom. The van der Waals surface area contributed by atoms with E-state index >= 15 is 0 Å². The quantitative estimate of drug-likeness (QED) is 0.814. The van der Waals surface area contributed by atoms with Crippen molar-refractivity contribution in [2.45, 2.75) is 12.8 Å². The van der Waals surface area contributed by atoms with Crippen molar-refractivity contribution in [3.8, 4) is 18.2 Å². The van der Waals surface area contributed by atoms with E-state index in [0.717, 1.165) is 18.7 Å². The molecule has 1 aliphatic carbocycles. The van der Waals surface area contributed by atoms with Crippen LogP contribution in [0.25, 0.3) is 0 Å². The van der Waals surface area contributed by atoms with E-state index in [1.165, 1.54) is 6.07 Å². The van der Waals surface area contributed by atoms with Crippen LogP contribution in [0.2, 0.25) is 0 Å². The molecule has 3 atom stereocenters. The molecule has 0 amide bonds. The van der Waals surface area contributed by atoms with Crippen molar-refractivity contribution in [1.29, 1.82) is 21.2 Å². The van der Waals surface area contributed by atoms with Gasteiger partial charge in [0.15, 0.2) is 17.0 Å². The van der Waals surface area contributed by atoms with Gasteiger partial charge in [0.2, 0.25) is 0 Å². The zero-order chi connectivity index (χ0) is 19.8. The Bertz CT molecular complexity index is 933. The fourth-order valence-corrected chi connectivity index (χ4v) is 4.21. The van der Waals surface area contributed by atoms with E-state index in [9.17, 15) is 24.6 Å². The average molecular weight is 365 g/mol. The van der Waals surface area contributed by atoms with E-state index in [-0.39, 0.29) is 11.3 Å². The Kier molecular flexibility index (Phi) is 4.79. The molecule has 0 aromatic heterocycles. The van der Waals surface area contributed by atoms with Gasteiger partial charge >= 0.3 is 0 Å². The Labute approximate surface area is 156 Å². The molecular formula is C20H17F2N5. The van der Waals surface area contributed by atoms with Gasteiger partial charge in [-0.2, -0.15) is 15.8 Å². The monoisotopic (exact) mass is 365 g/mol. The summed E-state index contributed by atoms with van der Waals surface area (Å²) in [6, 6.07) is 9.23. The third-order valence-corrected chi connectivity index (χ3v) is 5.62. The minimum absolute atomic E-state index is 0.284. The highest BCUT2D eigenvalue weighted by Gasteiger charge is 2.57. The molecule has 1 heterocycles. The first-order chi connectivity index (χ1) is 12.9. The van der Waals surface area contributed by atoms with E-state index in [4.69, 9.17) is 5.41 Å². The van der Waals surface area contributed by atoms with Gasteiger partial charge in [-0.05, 0) is 29.8 Å². The predicted octanol–water partition coefficient (Wildman–Crippen LogP) is 3.13. The van der Waals surface area contributed by atoms with Gasteiger partial charge in [-0.25, -0.2) is 8.78 Å². The maximum absolute atomic E-state index is 13.9. The number of hydrogen-bond donors (Lipinski definition) is 1. The molecular weight excluding hydrogens is 348 g/mol. The molecule has 1 N–H and O–H groups in total. The van der Waals surface area contributed by atoms with Crippen LogP contribution in [0.5, 0.6) is 0 Å². The number of benzene rings is 1. The molecule has 3 rings (SSSR count). The molecule has 1 aliphatic heterocycles. The van der Waals surface area contributed by atoms with Crippen molar-refractivity contribution in [2.24, 2.45) is 17.3 Å². The van der Waals surface area contributed by atoms with Crippen LogP contribution in [0.1, 0.15) is 18.4 Å². The van der Waals surface area contributed by atoms with Crippen LogP contribution >= 0.6 is 0 Å². The van der Waals surface area contributed by atoms with Gasteiger partial charge in [0.1, 0.15) is 5.92 Å². The lowest BCUT2D eigenvalue weighted by Gasteiger charge is -2.47. The van der Waals surface area contributed by atoms with Crippen LogP contribution < -0.4 is 0 Å². The molecule has 5 nitrogen and oxygen atoms in total. The summed E-state index contributed by atoms with van der Waals surface area (Å²) in [5.41, 5.74) is -1.24. The molecule has 1 fully saturated rings. The summed E-state index contributed by atoms with van der Waals surface area (Å²) in [6.45, 7) is 3.78. The smallest absolute Gasteiger partial charge is 0.189 e. The highest BCUT2D eigenvalue weighted by molar-refractivity contribution is 6.00. The van der Waals surface area contributed by atoms with Crippen LogP contribution in [0.4, 0.5) is 8.78 Å². The lowest BCUT2D eigenvalue weighted by atomic mass is 9.54. The largest absolute Gasteiger partial charge is 0.305 e. The summed E-state index contributed by atoms with van der Waals surface area (Å²) in [6.07, 6.45) is 1.87. The molecule has 2 aliphatic rings. The molecule has 1 unspecified atom stereocenters. The molecule has 1 aromatic carbocycles. The van der Waals surface area contributed by atoms with E-state index in [1.807, 2.05) is 25.1 Å². The van der Waals surface area contributed by atoms with Gasteiger partial charge < -0.3 is 5.41 Å². The fraction of sp³-hybridized carbons (Fsp3) is 0.400. The average Bonchev–Trinajstić information content (AvgIpc) is 2.69. The van der Waals surface area contributed by atoms with Crippen molar-refractivity contribution in [2.75, 3.05) is 19.6 Å². The second kappa shape index (κ2) is 6.91. The summed E-state index contributed by atoms with van der Waals surface area (Å²) in [5, 5.41) is 37.8. The van der Waals surface area contributed by atoms with E-state index < -0.39 is 34.8 Å². The lowest BCUT2D eigenvalue weighted by Crippen LogP contribution is -2.52. The van der Waals surface area contributed by atoms with Crippen molar-refractivity contribution < 1.29 is 8.78 Å². The maximum Gasteiger partial charge on any atom is 0.189 e. The zero-order valence-corrected chi connectivity index (χ0v) is 14.7. The minimum atomic E-state index is -1.91. The third-order valence-electron chi connectivity index (χ3n) is 5.62. The fourth-order valence-electron chi connectivity index (χ4n) is 4.21. The predicted molar refractivity (Wildman–Crippen MR) is 93.3 cm³/mol. The van der Waals surface area contributed by atoms with Gasteiger partial charge in [-0.15, -0.1) is 0 Å². The first kappa shape index (κ1) is 18.7. The second-order valence-corrected chi connectivity index (χ2v) is 6.82. The van der Waals surface area contributed by atoms with Crippen LogP contribution in [0, 0.1) is 68.3 Å². The Morgan fingerprint density at radius 3 is 2.48 bits per heavy atom. The van der Waals surface area contributed by atoms with Gasteiger partial charge in [-0.3, -0.25) is 4.90 Å². The van der Waals surface area contributed by atoms with Crippen molar-refractivity contribution in [1.82, 2.24) is 4.90 Å². The summed E-state index contributed by atoms with van der Waals surface area (Å²) < 4.78 is 27.4. The van der Waals surface area contributed by atoms with Crippen LogP contribution in [-0.2, 0) is 0 Å². The highest BCUT2D eigenvalue weighted by Crippen LogP contribution is 2.53. The number of nitriles is 3. The van der Waals surface area contributed by atoms with Gasteiger partial charge in [0, 0.05) is 24.9 Å². The summed E-state index contributed by atoms with van der Waals surface area (Å²) in [7, 11) is 0. The molecule has 0 spiro atoms. The summed E-state index contributed by atoms with van der Waals surface area (Å²) in [5.74, 6) is -4.33. The number of hydrogen-bond acceptors (Lipinski definition) is 5. The zero-order valence-electron chi connectivity index (χ0n) is 14.7. The lowest BCUT2D eigenvalue weighted by molar-refractivity contribution is 0.211. The molecule has 0 saturated heterocycles. The number of nitrogens with zero attached hydrogens (tertiary/aromatic N) is 4. The van der Waals surface area contributed by atoms with Gasteiger partial charge in [0.25, 0.3) is 0 Å².